The third-order valence-corrected chi connectivity index (χ3v) is 5.08. The summed E-state index contributed by atoms with van der Waals surface area (Å²) in [5.41, 5.74) is 1.81. The molecule has 0 unspecified atom stereocenters. The zero-order valence-corrected chi connectivity index (χ0v) is 13.6. The molecule has 0 fully saturated rings. The monoisotopic (exact) mass is 339 g/mol. The molecule has 0 spiro atoms. The van der Waals surface area contributed by atoms with Gasteiger partial charge in [-0.2, -0.15) is 0 Å². The number of hydrogen-bond acceptors (Lipinski definition) is 5. The van der Waals surface area contributed by atoms with Gasteiger partial charge in [0.15, 0.2) is 5.78 Å². The van der Waals surface area contributed by atoms with E-state index in [1.54, 1.807) is 36.6 Å². The van der Waals surface area contributed by atoms with Gasteiger partial charge >= 0.3 is 0 Å². The molecule has 3 aromatic rings. The lowest BCUT2D eigenvalue weighted by Crippen LogP contribution is -2.24. The van der Waals surface area contributed by atoms with E-state index in [4.69, 9.17) is 0 Å². The van der Waals surface area contributed by atoms with Crippen LogP contribution in [0.1, 0.15) is 28.8 Å². The molecule has 0 saturated carbocycles. The van der Waals surface area contributed by atoms with Crippen LogP contribution >= 0.6 is 11.3 Å². The minimum atomic E-state index is -0.278. The average Bonchev–Trinajstić information content (AvgIpc) is 3.16. The van der Waals surface area contributed by atoms with Gasteiger partial charge < -0.3 is 5.32 Å². The molecule has 4 rings (SSSR count). The van der Waals surface area contributed by atoms with Crippen LogP contribution in [0.3, 0.4) is 0 Å². The number of amides is 1. The summed E-state index contributed by atoms with van der Waals surface area (Å²) < 4.78 is 1.32. The maximum absolute atomic E-state index is 12.5. The number of rotatable bonds is 3. The van der Waals surface area contributed by atoms with E-state index in [9.17, 15) is 14.4 Å². The summed E-state index contributed by atoms with van der Waals surface area (Å²) in [6.07, 6.45) is 1.40. The topological polar surface area (TPSA) is 81.1 Å². The van der Waals surface area contributed by atoms with Gasteiger partial charge in [0.2, 0.25) is 5.91 Å². The molecule has 0 radical (unpaired) electrons. The Bertz CT molecular complexity index is 1050. The van der Waals surface area contributed by atoms with Crippen molar-refractivity contribution in [2.45, 2.75) is 19.4 Å². The number of nitrogens with zero attached hydrogens (tertiary/aromatic N) is 2. The number of carbonyl (C=O) groups excluding carboxylic acids is 2. The first kappa shape index (κ1) is 14.8. The van der Waals surface area contributed by atoms with Gasteiger partial charge in [-0.1, -0.05) is 0 Å². The highest BCUT2D eigenvalue weighted by Gasteiger charge is 2.27. The maximum Gasteiger partial charge on any atom is 0.262 e. The van der Waals surface area contributed by atoms with Crippen molar-refractivity contribution in [3.63, 3.8) is 0 Å². The lowest BCUT2D eigenvalue weighted by molar-refractivity contribution is -0.116. The Balaban J connectivity index is 1.66. The third-order valence-electron chi connectivity index (χ3n) is 4.26. The summed E-state index contributed by atoms with van der Waals surface area (Å²) in [6, 6.07) is 6.83. The van der Waals surface area contributed by atoms with Crippen LogP contribution in [0.4, 0.5) is 5.69 Å². The van der Waals surface area contributed by atoms with Crippen LogP contribution < -0.4 is 10.9 Å². The number of fused-ring (bicyclic) bond motifs is 2. The van der Waals surface area contributed by atoms with Crippen molar-refractivity contribution >= 4 is 38.9 Å². The minimum Gasteiger partial charge on any atom is -0.325 e. The Labute approximate surface area is 140 Å². The summed E-state index contributed by atoms with van der Waals surface area (Å²) in [4.78, 5) is 41.5. The van der Waals surface area contributed by atoms with Crippen LogP contribution in [0.25, 0.3) is 10.2 Å². The summed E-state index contributed by atoms with van der Waals surface area (Å²) in [7, 11) is 0. The van der Waals surface area contributed by atoms with Crippen LogP contribution in [0.5, 0.6) is 0 Å². The Hall–Kier alpha value is -2.80. The molecule has 2 aromatic heterocycles. The SMILES string of the molecule is C[C@@H]1C(=O)Nc2ccc(C(=O)Cn3cnc4sccc4c3=O)cc21. The molecule has 0 aliphatic carbocycles. The molecule has 1 aromatic carbocycles. The van der Waals surface area contributed by atoms with Crippen molar-refractivity contribution in [2.75, 3.05) is 5.32 Å². The van der Waals surface area contributed by atoms with E-state index in [-0.39, 0.29) is 29.7 Å². The van der Waals surface area contributed by atoms with Crippen LogP contribution in [0.15, 0.2) is 40.8 Å². The van der Waals surface area contributed by atoms with Crippen molar-refractivity contribution in [1.29, 1.82) is 0 Å². The number of carbonyl (C=O) groups is 2. The zero-order chi connectivity index (χ0) is 16.8. The molecular weight excluding hydrogens is 326 g/mol. The number of hydrogen-bond donors (Lipinski definition) is 1. The molecule has 7 heteroatoms. The number of anilines is 1. The number of thiophene rings is 1. The van der Waals surface area contributed by atoms with Gasteiger partial charge in [0, 0.05) is 11.3 Å². The fourth-order valence-electron chi connectivity index (χ4n) is 2.84. The van der Waals surface area contributed by atoms with Crippen molar-refractivity contribution in [1.82, 2.24) is 9.55 Å². The first-order valence-electron chi connectivity index (χ1n) is 7.45. The number of aromatic nitrogens is 2. The fourth-order valence-corrected chi connectivity index (χ4v) is 3.57. The molecule has 1 amide bonds. The summed E-state index contributed by atoms with van der Waals surface area (Å²) in [6.45, 7) is 1.72. The summed E-state index contributed by atoms with van der Waals surface area (Å²) in [5, 5.41) is 5.10. The van der Waals surface area contributed by atoms with Crippen LogP contribution in [0, 0.1) is 0 Å². The van der Waals surface area contributed by atoms with Crippen molar-refractivity contribution in [3.8, 4) is 0 Å². The summed E-state index contributed by atoms with van der Waals surface area (Å²) in [5.74, 6) is -0.542. The molecule has 120 valence electrons. The lowest BCUT2D eigenvalue weighted by atomic mass is 9.99. The highest BCUT2D eigenvalue weighted by atomic mass is 32.1. The Kier molecular flexibility index (Phi) is 3.31. The van der Waals surface area contributed by atoms with Crippen molar-refractivity contribution in [3.05, 3.63) is 57.5 Å². The van der Waals surface area contributed by atoms with Gasteiger partial charge in [-0.15, -0.1) is 11.3 Å². The zero-order valence-electron chi connectivity index (χ0n) is 12.8. The quantitative estimate of drug-likeness (QED) is 0.743. The Morgan fingerprint density at radius 3 is 3.00 bits per heavy atom. The largest absolute Gasteiger partial charge is 0.325 e. The van der Waals surface area contributed by atoms with Crippen molar-refractivity contribution in [2.24, 2.45) is 0 Å². The van der Waals surface area contributed by atoms with E-state index in [1.807, 2.05) is 0 Å². The van der Waals surface area contributed by atoms with Gasteiger partial charge in [0.05, 0.1) is 24.2 Å². The van der Waals surface area contributed by atoms with E-state index in [2.05, 4.69) is 10.3 Å². The highest BCUT2D eigenvalue weighted by Crippen LogP contribution is 2.32. The predicted molar refractivity (Wildman–Crippen MR) is 91.7 cm³/mol. The fraction of sp³-hybridized carbons (Fsp3) is 0.176. The maximum atomic E-state index is 12.5. The molecule has 3 heterocycles. The van der Waals surface area contributed by atoms with Gasteiger partial charge in [-0.3, -0.25) is 19.0 Å². The van der Waals surface area contributed by atoms with Crippen LogP contribution in [-0.4, -0.2) is 21.2 Å². The first-order valence-corrected chi connectivity index (χ1v) is 8.33. The number of Topliss-reactive ketones (excluding diaryl/α,β-unsaturated/α-hetero) is 1. The average molecular weight is 339 g/mol. The van der Waals surface area contributed by atoms with Crippen molar-refractivity contribution < 1.29 is 9.59 Å². The second-order valence-electron chi connectivity index (χ2n) is 5.75. The molecule has 1 atom stereocenters. The second-order valence-corrected chi connectivity index (χ2v) is 6.65. The van der Waals surface area contributed by atoms with E-state index < -0.39 is 0 Å². The van der Waals surface area contributed by atoms with Gasteiger partial charge in [-0.25, -0.2) is 4.98 Å². The minimum absolute atomic E-state index is 0.0714. The van der Waals surface area contributed by atoms with Gasteiger partial charge in [-0.05, 0) is 42.1 Å². The molecule has 0 bridgehead atoms. The van der Waals surface area contributed by atoms with Crippen LogP contribution in [-0.2, 0) is 11.3 Å². The Morgan fingerprint density at radius 1 is 1.33 bits per heavy atom. The van der Waals surface area contributed by atoms with E-state index in [0.29, 0.717) is 15.8 Å². The van der Waals surface area contributed by atoms with Crippen LogP contribution in [0.2, 0.25) is 0 Å². The normalized spacial score (nSPS) is 16.2. The van der Waals surface area contributed by atoms with Gasteiger partial charge in [0.25, 0.3) is 5.56 Å². The molecule has 1 N–H and O–H groups in total. The highest BCUT2D eigenvalue weighted by molar-refractivity contribution is 7.16. The molecule has 24 heavy (non-hydrogen) atoms. The molecule has 6 nitrogen and oxygen atoms in total. The van der Waals surface area contributed by atoms with E-state index in [0.717, 1.165) is 11.3 Å². The van der Waals surface area contributed by atoms with E-state index >= 15 is 0 Å². The smallest absolute Gasteiger partial charge is 0.262 e. The number of nitrogens with one attached hydrogen (secondary N) is 1. The standard InChI is InChI=1S/C17H13N3O3S/c1-9-12-6-10(2-3-13(12)19-15(9)22)14(21)7-20-8-18-16-11(17(20)23)4-5-24-16/h2-6,8-9H,7H2,1H3,(H,19,22)/t9-/m0/s1. The van der Waals surface area contributed by atoms with Gasteiger partial charge in [0.1, 0.15) is 4.83 Å². The molecule has 1 aliphatic heterocycles. The number of ketones is 1. The molecule has 1 aliphatic rings. The predicted octanol–water partition coefficient (Wildman–Crippen LogP) is 2.40. The molecular formula is C17H13N3O3S. The molecule has 0 saturated heterocycles. The van der Waals surface area contributed by atoms with E-state index in [1.165, 1.54) is 22.2 Å². The summed E-state index contributed by atoms with van der Waals surface area (Å²) >= 11 is 1.39. The second kappa shape index (κ2) is 5.38. The first-order chi connectivity index (χ1) is 11.5. The lowest BCUT2D eigenvalue weighted by Gasteiger charge is -2.07. The number of benzene rings is 1. The third kappa shape index (κ3) is 2.25. The Morgan fingerprint density at radius 2 is 2.17 bits per heavy atom.